The van der Waals surface area contributed by atoms with E-state index in [1.807, 2.05) is 0 Å². The first-order valence-corrected chi connectivity index (χ1v) is 29.4. The Morgan fingerprint density at radius 3 is 1.73 bits per heavy atom. The molecule has 85 heavy (non-hydrogen) atoms. The van der Waals surface area contributed by atoms with Gasteiger partial charge in [-0.05, 0) is 44.2 Å². The van der Waals surface area contributed by atoms with E-state index < -0.39 is 132 Å². The van der Waals surface area contributed by atoms with E-state index in [1.165, 1.54) is 0 Å². The summed E-state index contributed by atoms with van der Waals surface area (Å²) in [5.41, 5.74) is 22.1. The van der Waals surface area contributed by atoms with E-state index in [4.69, 9.17) is 41.9 Å². The molecule has 1 aliphatic rings. The smallest absolute Gasteiger partial charge is 0.305 e. The van der Waals surface area contributed by atoms with Gasteiger partial charge in [-0.2, -0.15) is 25.3 Å². The lowest BCUT2D eigenvalue weighted by molar-refractivity contribution is -0.141. The van der Waals surface area contributed by atoms with Crippen molar-refractivity contribution in [3.63, 3.8) is 0 Å². The Balaban J connectivity index is 2.41. The van der Waals surface area contributed by atoms with Crippen LogP contribution in [0.25, 0.3) is 0 Å². The maximum Gasteiger partial charge on any atom is 0.305 e. The number of nitrogens with one attached hydrogen (secondary N) is 10. The van der Waals surface area contributed by atoms with Gasteiger partial charge in [-0.25, -0.2) is 0 Å². The van der Waals surface area contributed by atoms with Crippen LogP contribution in [0.15, 0.2) is 35.3 Å². The van der Waals surface area contributed by atoms with Crippen LogP contribution in [0.4, 0.5) is 0 Å². The zero-order valence-corrected chi connectivity index (χ0v) is 49.5. The summed E-state index contributed by atoms with van der Waals surface area (Å²) in [6.45, 7) is -0.321. The Bertz CT molecular complexity index is 2360. The number of hydrogen-bond donors (Lipinski definition) is 17. The summed E-state index contributed by atoms with van der Waals surface area (Å²) in [4.78, 5) is 162. The number of thiol groups is 2. The van der Waals surface area contributed by atoms with Gasteiger partial charge in [0.1, 0.15) is 55.5 Å². The Morgan fingerprint density at radius 1 is 0.612 bits per heavy atom. The molecule has 0 aromatic heterocycles. The van der Waals surface area contributed by atoms with Crippen LogP contribution in [0, 0.1) is 0 Å². The lowest BCUT2D eigenvalue weighted by atomic mass is 10.0. The number of aliphatic imine (C=N–C) groups is 1. The van der Waals surface area contributed by atoms with E-state index in [2.05, 4.69) is 83.4 Å². The standard InChI is InChI=1S/C50H81N15O17S3/c51-11-5-4-9-32-45(74)63-35(26-83)48(77)61-31(10-6-12-57-50(53)54)43(72)58-23-39(67)60-34(22-42(70)71)47(76)64-36(27-84)49(78)62-33(21-30-7-2-1-3-8-30)46(75)65-37(28-85-29-41(69)59-32)44(73)56-14-16-80-18-20-81-19-17-79-15-13-55-40(68)25-82-24-38(52)66/h1-3,7-8,31-37,83-84H,4-6,9-29,51H2,(H2,52,66)(H,55,68)(H,56,73)(H,58,72)(H,59,69)(H,60,67)(H,61,77)(H,62,78)(H,63,74)(H,64,76)(H,65,75)(H,70,71)(H4,53,54,57)/t31-,32-,33-,34-,35-,36-,37?/m0/s1. The maximum atomic E-state index is 14.3. The molecule has 19 N–H and O–H groups in total. The lowest BCUT2D eigenvalue weighted by Crippen LogP contribution is -2.60. The number of unbranched alkanes of at least 4 members (excludes halogenated alkanes) is 1. The number of nitrogens with zero attached hydrogens (tertiary/aromatic N) is 1. The van der Waals surface area contributed by atoms with Crippen LogP contribution < -0.4 is 76.1 Å². The van der Waals surface area contributed by atoms with Crippen molar-refractivity contribution in [3.8, 4) is 0 Å². The number of carboxylic acids is 1. The van der Waals surface area contributed by atoms with Crippen molar-refractivity contribution in [2.45, 2.75) is 87.2 Å². The minimum Gasteiger partial charge on any atom is -0.481 e. The molecule has 1 heterocycles. The number of hydrogen-bond acceptors (Lipinski definition) is 21. The van der Waals surface area contributed by atoms with Gasteiger partial charge in [0, 0.05) is 43.3 Å². The molecule has 2 rings (SSSR count). The van der Waals surface area contributed by atoms with Crippen LogP contribution in [0.2, 0.25) is 0 Å². The second kappa shape index (κ2) is 43.6. The largest absolute Gasteiger partial charge is 0.481 e. The Labute approximate surface area is 506 Å². The van der Waals surface area contributed by atoms with Crippen LogP contribution in [0.5, 0.6) is 0 Å². The highest BCUT2D eigenvalue weighted by Gasteiger charge is 2.34. The number of aliphatic carboxylic acids is 1. The summed E-state index contributed by atoms with van der Waals surface area (Å²) < 4.78 is 21.3. The van der Waals surface area contributed by atoms with E-state index in [1.54, 1.807) is 30.3 Å². The lowest BCUT2D eigenvalue weighted by Gasteiger charge is -2.26. The number of carboxylic acid groups (broad SMARTS) is 1. The number of primary amides is 1. The van der Waals surface area contributed by atoms with Crippen molar-refractivity contribution in [1.82, 2.24) is 53.2 Å². The number of benzene rings is 1. The molecular weight excluding hydrogens is 1180 g/mol. The SMILES string of the molecule is NCCCC[C@@H]1NC(=O)CSCC(C(=O)NCCOCCOCCOCCNC(=O)COCC(N)=O)NC(=O)[C@H](Cc2ccccc2)NC(=O)[C@H](CS)NC(=O)[C@H](CC(=O)O)NC(=O)CNC(=O)[C@H](CCCN=C(N)N)NC(=O)[C@H](CS)NC1=O. The first-order chi connectivity index (χ1) is 40.7. The van der Waals surface area contributed by atoms with Gasteiger partial charge >= 0.3 is 5.97 Å². The molecule has 0 spiro atoms. The number of guanidine groups is 1. The van der Waals surface area contributed by atoms with Gasteiger partial charge in [0.2, 0.25) is 65.0 Å². The molecule has 11 amide bonds. The van der Waals surface area contributed by atoms with Crippen molar-refractivity contribution >= 4 is 114 Å². The predicted molar refractivity (Wildman–Crippen MR) is 315 cm³/mol. The first kappa shape index (κ1) is 74.1. The molecule has 1 aromatic carbocycles. The quantitative estimate of drug-likeness (QED) is 0.0142. The summed E-state index contributed by atoms with van der Waals surface area (Å²) in [6, 6.07) is -1.80. The molecule has 7 atom stereocenters. The fourth-order valence-electron chi connectivity index (χ4n) is 7.42. The second-order valence-electron chi connectivity index (χ2n) is 18.6. The van der Waals surface area contributed by atoms with Crippen LogP contribution in [0.1, 0.15) is 44.1 Å². The van der Waals surface area contributed by atoms with E-state index in [0.717, 1.165) is 11.8 Å². The molecule has 1 saturated heterocycles. The zero-order valence-electron chi connectivity index (χ0n) is 46.9. The number of ether oxygens (including phenoxy) is 4. The maximum absolute atomic E-state index is 14.3. The first-order valence-electron chi connectivity index (χ1n) is 27.0. The number of thioether (sulfide) groups is 1. The molecule has 0 radical (unpaired) electrons. The van der Waals surface area contributed by atoms with Crippen molar-refractivity contribution < 1.29 is 81.6 Å². The normalized spacial score (nSPS) is 21.0. The zero-order chi connectivity index (χ0) is 62.9. The van der Waals surface area contributed by atoms with Crippen LogP contribution in [-0.2, 0) is 82.9 Å². The minimum absolute atomic E-state index is 0.00910. The van der Waals surface area contributed by atoms with Gasteiger partial charge in [-0.3, -0.25) is 62.5 Å². The summed E-state index contributed by atoms with van der Waals surface area (Å²) in [5, 5.41) is 34.8. The Kier molecular flexibility index (Phi) is 38.0. The van der Waals surface area contributed by atoms with Gasteiger partial charge in [-0.15, -0.1) is 11.8 Å². The van der Waals surface area contributed by atoms with Gasteiger partial charge in [0.05, 0.1) is 58.4 Å². The van der Waals surface area contributed by atoms with Crippen LogP contribution in [-0.4, -0.2) is 233 Å². The Hall–Kier alpha value is -7.02. The van der Waals surface area contributed by atoms with Crippen molar-refractivity contribution in [2.75, 3.05) is 109 Å². The van der Waals surface area contributed by atoms with Crippen LogP contribution >= 0.6 is 37.0 Å². The summed E-state index contributed by atoms with van der Waals surface area (Å²) in [5.74, 6) is -12.3. The van der Waals surface area contributed by atoms with Crippen LogP contribution in [0.3, 0.4) is 0 Å². The van der Waals surface area contributed by atoms with Gasteiger partial charge < -0.3 is 100 Å². The third kappa shape index (κ3) is 33.3. The van der Waals surface area contributed by atoms with E-state index in [0.29, 0.717) is 18.4 Å². The Morgan fingerprint density at radius 2 is 1.14 bits per heavy atom. The number of carbonyl (C=O) groups is 12. The van der Waals surface area contributed by atoms with Crippen molar-refractivity contribution in [1.29, 1.82) is 0 Å². The average Bonchev–Trinajstić information content (AvgIpc) is 3.67. The molecule has 0 bridgehead atoms. The van der Waals surface area contributed by atoms with E-state index >= 15 is 0 Å². The number of rotatable bonds is 31. The monoisotopic (exact) mass is 1260 g/mol. The molecule has 476 valence electrons. The topological polar surface area (TPSA) is 499 Å². The fourth-order valence-corrected chi connectivity index (χ4v) is 8.79. The molecule has 1 aromatic rings. The third-order valence-electron chi connectivity index (χ3n) is 11.7. The van der Waals surface area contributed by atoms with E-state index in [9.17, 15) is 62.6 Å². The second-order valence-corrected chi connectivity index (χ2v) is 20.4. The summed E-state index contributed by atoms with van der Waals surface area (Å²) in [6.07, 6.45) is -0.236. The minimum atomic E-state index is -1.83. The molecule has 0 saturated carbocycles. The molecule has 1 aliphatic heterocycles. The molecule has 1 fully saturated rings. The highest BCUT2D eigenvalue weighted by atomic mass is 32.2. The van der Waals surface area contributed by atoms with Gasteiger partial charge in [0.25, 0.3) is 0 Å². The molecular formula is C50H81N15O17S3. The molecule has 1 unspecified atom stereocenters. The molecule has 0 aliphatic carbocycles. The fraction of sp³-hybridized carbons (Fsp3) is 0.620. The predicted octanol–water partition coefficient (Wildman–Crippen LogP) is -7.21. The average molecular weight is 1260 g/mol. The van der Waals surface area contributed by atoms with E-state index in [-0.39, 0.29) is 128 Å². The summed E-state index contributed by atoms with van der Waals surface area (Å²) >= 11 is 9.36. The van der Waals surface area contributed by atoms with Crippen molar-refractivity contribution in [3.05, 3.63) is 35.9 Å². The highest BCUT2D eigenvalue weighted by molar-refractivity contribution is 8.00. The van der Waals surface area contributed by atoms with Crippen molar-refractivity contribution in [2.24, 2.45) is 27.9 Å². The third-order valence-corrected chi connectivity index (χ3v) is 13.4. The number of carbonyl (C=O) groups excluding carboxylic acids is 11. The van der Waals surface area contributed by atoms with Gasteiger partial charge in [0.15, 0.2) is 5.96 Å². The van der Waals surface area contributed by atoms with Gasteiger partial charge in [-0.1, -0.05) is 30.3 Å². The highest BCUT2D eigenvalue weighted by Crippen LogP contribution is 2.10. The summed E-state index contributed by atoms with van der Waals surface area (Å²) in [7, 11) is 0. The number of amides is 11. The number of nitrogens with two attached hydrogens (primary N) is 4. The molecule has 32 nitrogen and oxygen atoms in total. The molecule has 35 heteroatoms.